The summed E-state index contributed by atoms with van der Waals surface area (Å²) in [7, 11) is 1.67. The van der Waals surface area contributed by atoms with Crippen LogP contribution in [0.3, 0.4) is 0 Å². The SMILES string of the molecule is COCC(Cl)c1cccc2c1COCCC2. The fourth-order valence-corrected chi connectivity index (χ4v) is 2.46. The molecule has 0 bridgehead atoms. The average Bonchev–Trinajstić information content (AvgIpc) is 2.53. The summed E-state index contributed by atoms with van der Waals surface area (Å²) >= 11 is 6.32. The molecule has 0 amide bonds. The van der Waals surface area contributed by atoms with Crippen LogP contribution < -0.4 is 0 Å². The number of hydrogen-bond acceptors (Lipinski definition) is 2. The summed E-state index contributed by atoms with van der Waals surface area (Å²) in [6.07, 6.45) is 2.17. The van der Waals surface area contributed by atoms with Gasteiger partial charge in [-0.3, -0.25) is 0 Å². The topological polar surface area (TPSA) is 18.5 Å². The second kappa shape index (κ2) is 5.67. The average molecular weight is 241 g/mol. The molecule has 0 saturated carbocycles. The number of alkyl halides is 1. The van der Waals surface area contributed by atoms with Gasteiger partial charge in [0.05, 0.1) is 18.6 Å². The van der Waals surface area contributed by atoms with Crippen molar-refractivity contribution in [2.75, 3.05) is 20.3 Å². The van der Waals surface area contributed by atoms with Gasteiger partial charge in [-0.05, 0) is 29.5 Å². The van der Waals surface area contributed by atoms with Gasteiger partial charge >= 0.3 is 0 Å². The van der Waals surface area contributed by atoms with Crippen LogP contribution in [-0.2, 0) is 22.5 Å². The molecule has 2 rings (SSSR count). The van der Waals surface area contributed by atoms with E-state index in [1.807, 2.05) is 0 Å². The van der Waals surface area contributed by atoms with Gasteiger partial charge in [-0.15, -0.1) is 11.6 Å². The lowest BCUT2D eigenvalue weighted by Gasteiger charge is -2.16. The number of benzene rings is 1. The molecule has 1 aromatic rings. The van der Waals surface area contributed by atoms with Crippen molar-refractivity contribution in [3.8, 4) is 0 Å². The summed E-state index contributed by atoms with van der Waals surface area (Å²) in [5, 5.41) is -0.0818. The van der Waals surface area contributed by atoms with E-state index in [0.29, 0.717) is 13.2 Å². The maximum absolute atomic E-state index is 6.32. The Morgan fingerprint density at radius 3 is 3.19 bits per heavy atom. The van der Waals surface area contributed by atoms with E-state index >= 15 is 0 Å². The maximum atomic E-state index is 6.32. The lowest BCUT2D eigenvalue weighted by atomic mass is 9.97. The zero-order valence-corrected chi connectivity index (χ0v) is 10.3. The molecule has 16 heavy (non-hydrogen) atoms. The minimum Gasteiger partial charge on any atom is -0.383 e. The maximum Gasteiger partial charge on any atom is 0.0822 e. The highest BCUT2D eigenvalue weighted by Gasteiger charge is 2.17. The molecule has 0 saturated heterocycles. The molecule has 0 N–H and O–H groups in total. The number of rotatable bonds is 3. The Labute approximate surface area is 102 Å². The molecule has 0 spiro atoms. The van der Waals surface area contributed by atoms with Crippen LogP contribution in [-0.4, -0.2) is 20.3 Å². The van der Waals surface area contributed by atoms with Crippen LogP contribution >= 0.6 is 11.6 Å². The Morgan fingerprint density at radius 2 is 2.38 bits per heavy atom. The predicted octanol–water partition coefficient (Wildman–Crippen LogP) is 3.08. The normalized spacial score (nSPS) is 17.6. The van der Waals surface area contributed by atoms with Gasteiger partial charge in [0.1, 0.15) is 0 Å². The van der Waals surface area contributed by atoms with Crippen molar-refractivity contribution in [2.24, 2.45) is 0 Å². The molecule has 88 valence electrons. The van der Waals surface area contributed by atoms with Crippen molar-refractivity contribution < 1.29 is 9.47 Å². The van der Waals surface area contributed by atoms with E-state index in [1.165, 1.54) is 11.1 Å². The van der Waals surface area contributed by atoms with Crippen molar-refractivity contribution in [2.45, 2.75) is 24.8 Å². The number of ether oxygens (including phenoxy) is 2. The Hall–Kier alpha value is -0.570. The lowest BCUT2D eigenvalue weighted by Crippen LogP contribution is -2.05. The zero-order chi connectivity index (χ0) is 11.4. The van der Waals surface area contributed by atoms with E-state index in [-0.39, 0.29) is 5.38 Å². The van der Waals surface area contributed by atoms with Gasteiger partial charge in [0, 0.05) is 13.7 Å². The molecule has 1 atom stereocenters. The van der Waals surface area contributed by atoms with Crippen molar-refractivity contribution in [3.05, 3.63) is 34.9 Å². The summed E-state index contributed by atoms with van der Waals surface area (Å²) in [6.45, 7) is 2.06. The molecular formula is C13H17ClO2. The van der Waals surface area contributed by atoms with E-state index in [9.17, 15) is 0 Å². The number of fused-ring (bicyclic) bond motifs is 1. The van der Waals surface area contributed by atoms with E-state index in [1.54, 1.807) is 7.11 Å². The van der Waals surface area contributed by atoms with Crippen molar-refractivity contribution in [1.82, 2.24) is 0 Å². The molecule has 1 unspecified atom stereocenters. The van der Waals surface area contributed by atoms with Gasteiger partial charge in [-0.25, -0.2) is 0 Å². The molecule has 1 aromatic carbocycles. The molecule has 0 fully saturated rings. The van der Waals surface area contributed by atoms with Crippen molar-refractivity contribution >= 4 is 11.6 Å². The highest BCUT2D eigenvalue weighted by molar-refractivity contribution is 6.21. The largest absolute Gasteiger partial charge is 0.383 e. The Morgan fingerprint density at radius 1 is 1.50 bits per heavy atom. The Kier molecular flexibility index (Phi) is 4.22. The van der Waals surface area contributed by atoms with Gasteiger partial charge < -0.3 is 9.47 Å². The number of aryl methyl sites for hydroxylation is 1. The highest BCUT2D eigenvalue weighted by Crippen LogP contribution is 2.29. The van der Waals surface area contributed by atoms with Crippen LogP contribution in [0.15, 0.2) is 18.2 Å². The van der Waals surface area contributed by atoms with Crippen LogP contribution in [0.4, 0.5) is 0 Å². The number of hydrogen-bond donors (Lipinski definition) is 0. The van der Waals surface area contributed by atoms with Crippen LogP contribution in [0, 0.1) is 0 Å². The monoisotopic (exact) mass is 240 g/mol. The molecule has 0 radical (unpaired) electrons. The molecule has 1 heterocycles. The van der Waals surface area contributed by atoms with E-state index in [0.717, 1.165) is 25.0 Å². The zero-order valence-electron chi connectivity index (χ0n) is 9.54. The number of halogens is 1. The predicted molar refractivity (Wildman–Crippen MR) is 64.9 cm³/mol. The Bertz CT molecular complexity index is 352. The van der Waals surface area contributed by atoms with Crippen molar-refractivity contribution in [1.29, 1.82) is 0 Å². The van der Waals surface area contributed by atoms with Crippen LogP contribution in [0.5, 0.6) is 0 Å². The number of methoxy groups -OCH3 is 1. The molecule has 3 heteroatoms. The third-order valence-electron chi connectivity index (χ3n) is 2.94. The van der Waals surface area contributed by atoms with E-state index in [4.69, 9.17) is 21.1 Å². The van der Waals surface area contributed by atoms with Gasteiger partial charge in [0.2, 0.25) is 0 Å². The van der Waals surface area contributed by atoms with Crippen molar-refractivity contribution in [3.63, 3.8) is 0 Å². The highest BCUT2D eigenvalue weighted by atomic mass is 35.5. The first-order valence-corrected chi connectivity index (χ1v) is 6.08. The first kappa shape index (κ1) is 11.9. The quantitative estimate of drug-likeness (QED) is 0.756. The van der Waals surface area contributed by atoms with Gasteiger partial charge in [0.25, 0.3) is 0 Å². The first-order valence-electron chi connectivity index (χ1n) is 5.64. The summed E-state index contributed by atoms with van der Waals surface area (Å²) < 4.78 is 10.7. The molecule has 0 aromatic heterocycles. The molecule has 1 aliphatic heterocycles. The van der Waals surface area contributed by atoms with Gasteiger partial charge in [0.15, 0.2) is 0 Å². The standard InChI is InChI=1S/C13H17ClO2/c1-15-9-13(14)11-6-2-4-10-5-3-7-16-8-12(10)11/h2,4,6,13H,3,5,7-9H2,1H3. The fraction of sp³-hybridized carbons (Fsp3) is 0.538. The molecule has 2 nitrogen and oxygen atoms in total. The molecule has 1 aliphatic rings. The van der Waals surface area contributed by atoms with E-state index in [2.05, 4.69) is 18.2 Å². The summed E-state index contributed by atoms with van der Waals surface area (Å²) in [5.74, 6) is 0. The van der Waals surface area contributed by atoms with Gasteiger partial charge in [-0.2, -0.15) is 0 Å². The third-order valence-corrected chi connectivity index (χ3v) is 3.30. The minimum atomic E-state index is -0.0818. The van der Waals surface area contributed by atoms with E-state index < -0.39 is 0 Å². The van der Waals surface area contributed by atoms with Crippen LogP contribution in [0.1, 0.15) is 28.5 Å². The summed E-state index contributed by atoms with van der Waals surface area (Å²) in [5.41, 5.74) is 3.79. The first-order chi connectivity index (χ1) is 7.83. The lowest BCUT2D eigenvalue weighted by molar-refractivity contribution is 0.124. The fourth-order valence-electron chi connectivity index (χ4n) is 2.13. The molecule has 0 aliphatic carbocycles. The van der Waals surface area contributed by atoms with Crippen LogP contribution in [0.2, 0.25) is 0 Å². The minimum absolute atomic E-state index is 0.0818. The molecular weight excluding hydrogens is 224 g/mol. The van der Waals surface area contributed by atoms with Crippen LogP contribution in [0.25, 0.3) is 0 Å². The second-order valence-corrected chi connectivity index (χ2v) is 4.59. The Balaban J connectivity index is 2.30. The third kappa shape index (κ3) is 2.57. The second-order valence-electron chi connectivity index (χ2n) is 4.06. The smallest absolute Gasteiger partial charge is 0.0822 e. The summed E-state index contributed by atoms with van der Waals surface area (Å²) in [4.78, 5) is 0. The summed E-state index contributed by atoms with van der Waals surface area (Å²) in [6, 6.07) is 6.32. The van der Waals surface area contributed by atoms with Gasteiger partial charge in [-0.1, -0.05) is 18.2 Å².